The molecule has 0 bridgehead atoms. The third-order valence-electron chi connectivity index (χ3n) is 2.15. The molecule has 1 aromatic carbocycles. The van der Waals surface area contributed by atoms with E-state index < -0.39 is 11.6 Å². The number of nitrogens with one attached hydrogen (secondary N) is 1. The van der Waals surface area contributed by atoms with E-state index in [0.717, 1.165) is 12.1 Å². The van der Waals surface area contributed by atoms with Gasteiger partial charge in [-0.25, -0.2) is 8.78 Å². The highest BCUT2D eigenvalue weighted by Crippen LogP contribution is 2.14. The molecule has 0 spiro atoms. The maximum absolute atomic E-state index is 13.2. The summed E-state index contributed by atoms with van der Waals surface area (Å²) in [7, 11) is 1.71. The average Bonchev–Trinajstić information content (AvgIpc) is 2.17. The van der Waals surface area contributed by atoms with E-state index in [1.807, 2.05) is 0 Å². The van der Waals surface area contributed by atoms with E-state index in [9.17, 15) is 13.6 Å². The van der Waals surface area contributed by atoms with Gasteiger partial charge in [0, 0.05) is 18.5 Å². The minimum Gasteiger partial charge on any atom is -0.319 e. The third-order valence-corrected chi connectivity index (χ3v) is 2.15. The maximum Gasteiger partial charge on any atom is 0.169 e. The third kappa shape index (κ3) is 2.83. The van der Waals surface area contributed by atoms with Gasteiger partial charge in [0.15, 0.2) is 5.78 Å². The summed E-state index contributed by atoms with van der Waals surface area (Å²) in [6.07, 6.45) is 0. The monoisotopic (exact) mass is 213 g/mol. The molecule has 1 N–H and O–H groups in total. The van der Waals surface area contributed by atoms with E-state index in [4.69, 9.17) is 0 Å². The molecule has 1 aromatic rings. The number of Topliss-reactive ketones (excluding diaryl/α,β-unsaturated/α-hetero) is 1. The van der Waals surface area contributed by atoms with Crippen LogP contribution in [0.15, 0.2) is 18.2 Å². The first-order valence-corrected chi connectivity index (χ1v) is 4.70. The SMILES string of the molecule is CNCC(C)C(=O)c1ccc(F)cc1F. The molecule has 0 aliphatic rings. The van der Waals surface area contributed by atoms with E-state index in [0.29, 0.717) is 6.54 Å². The van der Waals surface area contributed by atoms with Gasteiger partial charge in [0.25, 0.3) is 0 Å². The first-order chi connectivity index (χ1) is 7.06. The standard InChI is InChI=1S/C11H13F2NO/c1-7(6-14-2)11(15)9-4-3-8(12)5-10(9)13/h3-5,7,14H,6H2,1-2H3. The summed E-state index contributed by atoms with van der Waals surface area (Å²) in [5.74, 6) is -2.12. The highest BCUT2D eigenvalue weighted by molar-refractivity contribution is 5.98. The minimum atomic E-state index is -0.803. The Hall–Kier alpha value is -1.29. The molecule has 0 fully saturated rings. The Kier molecular flexibility index (Phi) is 3.91. The van der Waals surface area contributed by atoms with Gasteiger partial charge >= 0.3 is 0 Å². The molecule has 0 saturated heterocycles. The first kappa shape index (κ1) is 11.8. The Morgan fingerprint density at radius 1 is 1.47 bits per heavy atom. The molecule has 0 aliphatic carbocycles. The van der Waals surface area contributed by atoms with E-state index in [1.54, 1.807) is 14.0 Å². The summed E-state index contributed by atoms with van der Waals surface area (Å²) in [5.41, 5.74) is -0.0563. The summed E-state index contributed by atoms with van der Waals surface area (Å²) < 4.78 is 25.8. The van der Waals surface area contributed by atoms with Crippen LogP contribution >= 0.6 is 0 Å². The minimum absolute atomic E-state index is 0.0563. The molecule has 4 heteroatoms. The molecule has 1 unspecified atom stereocenters. The zero-order valence-corrected chi connectivity index (χ0v) is 8.68. The molecule has 1 rings (SSSR count). The van der Waals surface area contributed by atoms with Gasteiger partial charge in [0.2, 0.25) is 0 Å². The van der Waals surface area contributed by atoms with E-state index in [-0.39, 0.29) is 17.3 Å². The Bertz CT molecular complexity index is 366. The molecule has 0 aromatic heterocycles. The van der Waals surface area contributed by atoms with Crippen molar-refractivity contribution < 1.29 is 13.6 Å². The number of hydrogen-bond donors (Lipinski definition) is 1. The molecular weight excluding hydrogens is 200 g/mol. The molecule has 0 amide bonds. The Balaban J connectivity index is 2.91. The van der Waals surface area contributed by atoms with E-state index in [1.165, 1.54) is 6.07 Å². The van der Waals surface area contributed by atoms with Crippen LogP contribution in [0.4, 0.5) is 8.78 Å². The highest BCUT2D eigenvalue weighted by atomic mass is 19.1. The number of rotatable bonds is 4. The van der Waals surface area contributed by atoms with Crippen molar-refractivity contribution >= 4 is 5.78 Å². The second kappa shape index (κ2) is 4.98. The maximum atomic E-state index is 13.2. The lowest BCUT2D eigenvalue weighted by molar-refractivity contribution is 0.0926. The zero-order chi connectivity index (χ0) is 11.4. The van der Waals surface area contributed by atoms with Crippen molar-refractivity contribution in [3.8, 4) is 0 Å². The number of benzene rings is 1. The van der Waals surface area contributed by atoms with Crippen LogP contribution < -0.4 is 5.32 Å². The molecule has 2 nitrogen and oxygen atoms in total. The molecule has 82 valence electrons. The van der Waals surface area contributed by atoms with Crippen LogP contribution in [0, 0.1) is 17.6 Å². The van der Waals surface area contributed by atoms with Crippen LogP contribution in [-0.4, -0.2) is 19.4 Å². The Labute approximate surface area is 87.3 Å². The van der Waals surface area contributed by atoms with Crippen molar-refractivity contribution in [2.24, 2.45) is 5.92 Å². The van der Waals surface area contributed by atoms with Crippen molar-refractivity contribution in [3.63, 3.8) is 0 Å². The molecule has 1 atom stereocenters. The molecular formula is C11H13F2NO. The second-order valence-corrected chi connectivity index (χ2v) is 3.45. The predicted octanol–water partition coefficient (Wildman–Crippen LogP) is 2.00. The predicted molar refractivity (Wildman–Crippen MR) is 53.8 cm³/mol. The molecule has 0 heterocycles. The second-order valence-electron chi connectivity index (χ2n) is 3.45. The number of carbonyl (C=O) groups excluding carboxylic acids is 1. The number of hydrogen-bond acceptors (Lipinski definition) is 2. The molecule has 15 heavy (non-hydrogen) atoms. The van der Waals surface area contributed by atoms with E-state index in [2.05, 4.69) is 5.32 Å². The number of carbonyl (C=O) groups is 1. The van der Waals surface area contributed by atoms with Crippen LogP contribution in [0.2, 0.25) is 0 Å². The zero-order valence-electron chi connectivity index (χ0n) is 8.68. The van der Waals surface area contributed by atoms with Gasteiger partial charge in [-0.3, -0.25) is 4.79 Å². The smallest absolute Gasteiger partial charge is 0.169 e. The number of ketones is 1. The Morgan fingerprint density at radius 3 is 2.67 bits per heavy atom. The van der Waals surface area contributed by atoms with Crippen LogP contribution in [0.1, 0.15) is 17.3 Å². The van der Waals surface area contributed by atoms with Gasteiger partial charge in [-0.05, 0) is 19.2 Å². The van der Waals surface area contributed by atoms with Gasteiger partial charge in [0.05, 0.1) is 5.56 Å². The summed E-state index contributed by atoms with van der Waals surface area (Å²) in [6, 6.07) is 2.99. The van der Waals surface area contributed by atoms with Crippen molar-refractivity contribution in [1.82, 2.24) is 5.32 Å². The van der Waals surface area contributed by atoms with Crippen molar-refractivity contribution in [3.05, 3.63) is 35.4 Å². The lowest BCUT2D eigenvalue weighted by Crippen LogP contribution is -2.24. The first-order valence-electron chi connectivity index (χ1n) is 4.70. The molecule has 0 radical (unpaired) electrons. The summed E-state index contributed by atoms with van der Waals surface area (Å²) in [4.78, 5) is 11.7. The van der Waals surface area contributed by atoms with Gasteiger partial charge in [-0.15, -0.1) is 0 Å². The lowest BCUT2D eigenvalue weighted by atomic mass is 9.99. The quantitative estimate of drug-likeness (QED) is 0.775. The van der Waals surface area contributed by atoms with Gasteiger partial charge < -0.3 is 5.32 Å². The summed E-state index contributed by atoms with van der Waals surface area (Å²) >= 11 is 0. The van der Waals surface area contributed by atoms with Crippen LogP contribution in [0.3, 0.4) is 0 Å². The fourth-order valence-corrected chi connectivity index (χ4v) is 1.35. The van der Waals surface area contributed by atoms with Gasteiger partial charge in [-0.1, -0.05) is 6.92 Å². The van der Waals surface area contributed by atoms with E-state index >= 15 is 0 Å². The highest BCUT2D eigenvalue weighted by Gasteiger charge is 2.18. The van der Waals surface area contributed by atoms with Crippen LogP contribution in [0.5, 0.6) is 0 Å². The van der Waals surface area contributed by atoms with Gasteiger partial charge in [0.1, 0.15) is 11.6 Å². The number of halogens is 2. The summed E-state index contributed by atoms with van der Waals surface area (Å²) in [6.45, 7) is 2.16. The van der Waals surface area contributed by atoms with Crippen LogP contribution in [0.25, 0.3) is 0 Å². The average molecular weight is 213 g/mol. The van der Waals surface area contributed by atoms with Crippen molar-refractivity contribution in [2.75, 3.05) is 13.6 Å². The van der Waals surface area contributed by atoms with Crippen LogP contribution in [-0.2, 0) is 0 Å². The topological polar surface area (TPSA) is 29.1 Å². The molecule has 0 saturated carbocycles. The lowest BCUT2D eigenvalue weighted by Gasteiger charge is -2.10. The van der Waals surface area contributed by atoms with Gasteiger partial charge in [-0.2, -0.15) is 0 Å². The summed E-state index contributed by atoms with van der Waals surface area (Å²) in [5, 5.41) is 2.83. The largest absolute Gasteiger partial charge is 0.319 e. The van der Waals surface area contributed by atoms with Crippen molar-refractivity contribution in [1.29, 1.82) is 0 Å². The normalized spacial score (nSPS) is 12.5. The fraction of sp³-hybridized carbons (Fsp3) is 0.364. The Morgan fingerprint density at radius 2 is 2.13 bits per heavy atom. The fourth-order valence-electron chi connectivity index (χ4n) is 1.35. The van der Waals surface area contributed by atoms with Crippen molar-refractivity contribution in [2.45, 2.75) is 6.92 Å². The molecule has 0 aliphatic heterocycles.